The van der Waals surface area contributed by atoms with Gasteiger partial charge in [-0.25, -0.2) is 0 Å². The van der Waals surface area contributed by atoms with Crippen molar-refractivity contribution in [1.29, 1.82) is 5.41 Å². The summed E-state index contributed by atoms with van der Waals surface area (Å²) in [6, 6.07) is 8.48. The van der Waals surface area contributed by atoms with Crippen molar-refractivity contribution >= 4 is 22.5 Å². The van der Waals surface area contributed by atoms with Gasteiger partial charge in [0, 0.05) is 79.1 Å². The summed E-state index contributed by atoms with van der Waals surface area (Å²) < 4.78 is 5.48. The molecule has 1 aromatic heterocycles. The summed E-state index contributed by atoms with van der Waals surface area (Å²) in [6.45, 7) is 6.36. The first-order valence-electron chi connectivity index (χ1n) is 10.0. The van der Waals surface area contributed by atoms with Crippen molar-refractivity contribution < 1.29 is 9.53 Å². The third-order valence-electron chi connectivity index (χ3n) is 5.84. The number of rotatable bonds is 4. The zero-order valence-electron chi connectivity index (χ0n) is 16.6. The van der Waals surface area contributed by atoms with Crippen LogP contribution < -0.4 is 5.32 Å². The second-order valence-corrected chi connectivity index (χ2v) is 7.72. The van der Waals surface area contributed by atoms with Gasteiger partial charge in [0.05, 0.1) is 5.71 Å². The number of amides is 1. The molecular formula is C22H28N4O2. The lowest BCUT2D eigenvalue weighted by Gasteiger charge is -2.34. The van der Waals surface area contributed by atoms with E-state index >= 15 is 0 Å². The van der Waals surface area contributed by atoms with E-state index in [1.807, 2.05) is 30.0 Å². The molecule has 0 atom stereocenters. The van der Waals surface area contributed by atoms with Crippen LogP contribution in [0.2, 0.25) is 0 Å². The Bertz CT molecular complexity index is 937. The standard InChI is InChI=1S/C22H28N4O2/c1-14-21(17-5-3-4-6-19(17)24-14)22(23)18-13-26(15(2)27)10-7-20(18)25-16-8-11-28-12-9-16/h3-6,16,23-25H,7-13H2,1-2H3. The average Bonchev–Trinajstić information content (AvgIpc) is 3.04. The molecule has 1 amide bonds. The number of carbonyl (C=O) groups is 1. The van der Waals surface area contributed by atoms with E-state index in [2.05, 4.69) is 16.4 Å². The highest BCUT2D eigenvalue weighted by molar-refractivity contribution is 6.19. The van der Waals surface area contributed by atoms with Crippen LogP contribution in [0.3, 0.4) is 0 Å². The number of para-hydroxylation sites is 1. The zero-order valence-corrected chi connectivity index (χ0v) is 16.6. The molecule has 4 rings (SSSR count). The Morgan fingerprint density at radius 3 is 2.79 bits per heavy atom. The molecule has 6 nitrogen and oxygen atoms in total. The summed E-state index contributed by atoms with van der Waals surface area (Å²) >= 11 is 0. The van der Waals surface area contributed by atoms with Crippen LogP contribution in [0, 0.1) is 12.3 Å². The third-order valence-corrected chi connectivity index (χ3v) is 5.84. The molecule has 1 aromatic carbocycles. The minimum absolute atomic E-state index is 0.0612. The predicted octanol–water partition coefficient (Wildman–Crippen LogP) is 3.12. The van der Waals surface area contributed by atoms with Gasteiger partial charge >= 0.3 is 0 Å². The summed E-state index contributed by atoms with van der Waals surface area (Å²) in [5.41, 5.74) is 5.51. The van der Waals surface area contributed by atoms with Crippen LogP contribution in [-0.4, -0.2) is 53.8 Å². The first-order valence-corrected chi connectivity index (χ1v) is 10.0. The molecule has 0 unspecified atom stereocenters. The number of ether oxygens (including phenoxy) is 1. The molecule has 6 heteroatoms. The first-order chi connectivity index (χ1) is 13.5. The number of aromatic amines is 1. The second kappa shape index (κ2) is 7.80. The molecule has 1 fully saturated rings. The number of nitrogens with zero attached hydrogens (tertiary/aromatic N) is 1. The van der Waals surface area contributed by atoms with Crippen molar-refractivity contribution in [3.8, 4) is 0 Å². The van der Waals surface area contributed by atoms with Gasteiger partial charge < -0.3 is 19.9 Å². The molecule has 0 spiro atoms. The molecule has 3 N–H and O–H groups in total. The molecule has 3 heterocycles. The van der Waals surface area contributed by atoms with Crippen molar-refractivity contribution in [1.82, 2.24) is 15.2 Å². The number of H-pyrrole nitrogens is 1. The molecule has 0 radical (unpaired) electrons. The zero-order chi connectivity index (χ0) is 19.7. The molecule has 148 valence electrons. The summed E-state index contributed by atoms with van der Waals surface area (Å²) in [5, 5.41) is 13.8. The van der Waals surface area contributed by atoms with E-state index in [-0.39, 0.29) is 5.91 Å². The Kier molecular flexibility index (Phi) is 5.22. The fraction of sp³-hybridized carbons (Fsp3) is 0.455. The molecule has 1 saturated heterocycles. The lowest BCUT2D eigenvalue weighted by atomic mass is 9.93. The molecule has 0 bridgehead atoms. The minimum atomic E-state index is 0.0612. The van der Waals surface area contributed by atoms with Gasteiger partial charge in [-0.2, -0.15) is 0 Å². The van der Waals surface area contributed by atoms with Gasteiger partial charge in [0.15, 0.2) is 0 Å². The molecule has 28 heavy (non-hydrogen) atoms. The summed E-state index contributed by atoms with van der Waals surface area (Å²) in [7, 11) is 0. The quantitative estimate of drug-likeness (QED) is 0.713. The molecule has 0 aliphatic carbocycles. The van der Waals surface area contributed by atoms with E-state index in [1.165, 1.54) is 0 Å². The van der Waals surface area contributed by atoms with Crippen LogP contribution in [0.15, 0.2) is 35.5 Å². The van der Waals surface area contributed by atoms with E-state index in [9.17, 15) is 4.79 Å². The normalized spacial score (nSPS) is 18.6. The van der Waals surface area contributed by atoms with Gasteiger partial charge in [0.2, 0.25) is 5.91 Å². The highest BCUT2D eigenvalue weighted by atomic mass is 16.5. The van der Waals surface area contributed by atoms with Crippen molar-refractivity contribution in [2.45, 2.75) is 39.2 Å². The lowest BCUT2D eigenvalue weighted by Crippen LogP contribution is -2.43. The fourth-order valence-corrected chi connectivity index (χ4v) is 4.26. The van der Waals surface area contributed by atoms with Crippen LogP contribution in [0.25, 0.3) is 10.9 Å². The van der Waals surface area contributed by atoms with Gasteiger partial charge in [-0.05, 0) is 25.8 Å². The molecule has 2 aliphatic rings. The topological polar surface area (TPSA) is 81.2 Å². The summed E-state index contributed by atoms with van der Waals surface area (Å²) in [4.78, 5) is 17.3. The highest BCUT2D eigenvalue weighted by Gasteiger charge is 2.27. The van der Waals surface area contributed by atoms with Crippen molar-refractivity contribution in [2.24, 2.45) is 0 Å². The number of benzene rings is 1. The fourth-order valence-electron chi connectivity index (χ4n) is 4.26. The Morgan fingerprint density at radius 2 is 2.04 bits per heavy atom. The van der Waals surface area contributed by atoms with Gasteiger partial charge in [-0.3, -0.25) is 10.2 Å². The monoisotopic (exact) mass is 380 g/mol. The SMILES string of the molecule is CC(=O)N1CCC(NC2CCOCC2)=C(C(=N)c2c(C)[nH]c3ccccc23)C1. The highest BCUT2D eigenvalue weighted by Crippen LogP contribution is 2.28. The van der Waals surface area contributed by atoms with Crippen molar-refractivity contribution in [2.75, 3.05) is 26.3 Å². The maximum atomic E-state index is 12.0. The summed E-state index contributed by atoms with van der Waals surface area (Å²) in [6.07, 6.45) is 2.72. The van der Waals surface area contributed by atoms with E-state index in [0.717, 1.165) is 65.9 Å². The van der Waals surface area contributed by atoms with E-state index in [4.69, 9.17) is 10.1 Å². The Hall–Kier alpha value is -2.60. The van der Waals surface area contributed by atoms with Crippen molar-refractivity contribution in [3.05, 3.63) is 46.8 Å². The number of aryl methyl sites for hydroxylation is 1. The van der Waals surface area contributed by atoms with Crippen molar-refractivity contribution in [3.63, 3.8) is 0 Å². The van der Waals surface area contributed by atoms with E-state index in [1.54, 1.807) is 6.92 Å². The minimum Gasteiger partial charge on any atom is -0.385 e. The summed E-state index contributed by atoms with van der Waals surface area (Å²) in [5.74, 6) is 0.0612. The molecule has 2 aromatic rings. The molecule has 0 saturated carbocycles. The van der Waals surface area contributed by atoms with Gasteiger partial charge in [0.1, 0.15) is 0 Å². The van der Waals surface area contributed by atoms with E-state index in [0.29, 0.717) is 24.8 Å². The molecule has 2 aliphatic heterocycles. The van der Waals surface area contributed by atoms with Gasteiger partial charge in [-0.15, -0.1) is 0 Å². The number of aromatic nitrogens is 1. The largest absolute Gasteiger partial charge is 0.385 e. The second-order valence-electron chi connectivity index (χ2n) is 7.72. The number of hydrogen-bond acceptors (Lipinski definition) is 4. The Morgan fingerprint density at radius 1 is 1.29 bits per heavy atom. The van der Waals surface area contributed by atoms with Crippen LogP contribution in [0.4, 0.5) is 0 Å². The van der Waals surface area contributed by atoms with Gasteiger partial charge in [-0.1, -0.05) is 18.2 Å². The number of hydrogen-bond donors (Lipinski definition) is 3. The maximum Gasteiger partial charge on any atom is 0.219 e. The van der Waals surface area contributed by atoms with Crippen LogP contribution >= 0.6 is 0 Å². The van der Waals surface area contributed by atoms with Gasteiger partial charge in [0.25, 0.3) is 0 Å². The number of fused-ring (bicyclic) bond motifs is 1. The molecular weight excluding hydrogens is 352 g/mol. The van der Waals surface area contributed by atoms with Crippen LogP contribution in [-0.2, 0) is 9.53 Å². The average molecular weight is 380 g/mol. The first kappa shape index (κ1) is 18.7. The Labute approximate surface area is 165 Å². The number of carbonyl (C=O) groups excluding carboxylic acids is 1. The van der Waals surface area contributed by atoms with Crippen LogP contribution in [0.1, 0.15) is 37.4 Å². The lowest BCUT2D eigenvalue weighted by molar-refractivity contribution is -0.128. The predicted molar refractivity (Wildman–Crippen MR) is 111 cm³/mol. The maximum absolute atomic E-state index is 12.0. The van der Waals surface area contributed by atoms with E-state index < -0.39 is 0 Å². The Balaban J connectivity index is 1.72. The smallest absolute Gasteiger partial charge is 0.219 e. The van der Waals surface area contributed by atoms with Crippen LogP contribution in [0.5, 0.6) is 0 Å². The number of nitrogens with one attached hydrogen (secondary N) is 3. The third kappa shape index (κ3) is 3.56.